The summed E-state index contributed by atoms with van der Waals surface area (Å²) in [6, 6.07) is 11.8. The van der Waals surface area contributed by atoms with E-state index in [1.54, 1.807) is 7.11 Å². The van der Waals surface area contributed by atoms with Gasteiger partial charge in [0.25, 0.3) is 0 Å². The van der Waals surface area contributed by atoms with Crippen molar-refractivity contribution >= 4 is 29.9 Å². The zero-order valence-electron chi connectivity index (χ0n) is 15.2. The van der Waals surface area contributed by atoms with E-state index in [1.165, 1.54) is 0 Å². The highest BCUT2D eigenvalue weighted by Crippen LogP contribution is 2.19. The van der Waals surface area contributed by atoms with Crippen LogP contribution in [0.4, 0.5) is 0 Å². The number of nitrogens with one attached hydrogen (secondary N) is 2. The Morgan fingerprint density at radius 3 is 2.60 bits per heavy atom. The zero-order chi connectivity index (χ0) is 17.4. The number of aromatic nitrogens is 1. The fraction of sp³-hybridized carbons (Fsp3) is 0.444. The number of hydrogen-bond acceptors (Lipinski definition) is 4. The van der Waals surface area contributed by atoms with E-state index in [-0.39, 0.29) is 29.6 Å². The van der Waals surface area contributed by atoms with Crippen LogP contribution in [0.2, 0.25) is 0 Å². The van der Waals surface area contributed by atoms with Crippen LogP contribution in [0.3, 0.4) is 0 Å². The van der Waals surface area contributed by atoms with E-state index in [4.69, 9.17) is 9.26 Å². The molecule has 0 aliphatic carbocycles. The summed E-state index contributed by atoms with van der Waals surface area (Å²) >= 11 is 0. The maximum absolute atomic E-state index is 5.41. The smallest absolute Gasteiger partial charge is 0.191 e. The van der Waals surface area contributed by atoms with Crippen LogP contribution in [0.15, 0.2) is 45.9 Å². The maximum Gasteiger partial charge on any atom is 0.191 e. The largest absolute Gasteiger partial charge is 0.377 e. The standard InChI is InChI=1S/C18H26N4O2.HI/c1-5-19-17(21-13-18(2,3)23-4)20-12-15-11-16(24-22-15)14-9-7-6-8-10-14;/h6-11H,5,12-13H2,1-4H3,(H2,19,20,21);1H. The van der Waals surface area contributed by atoms with Gasteiger partial charge >= 0.3 is 0 Å². The van der Waals surface area contributed by atoms with Crippen molar-refractivity contribution in [3.8, 4) is 11.3 Å². The molecule has 0 radical (unpaired) electrons. The quantitative estimate of drug-likeness (QED) is 0.378. The Labute approximate surface area is 166 Å². The van der Waals surface area contributed by atoms with Gasteiger partial charge in [-0.25, -0.2) is 4.99 Å². The number of guanidine groups is 1. The number of halogens is 1. The van der Waals surface area contributed by atoms with Crippen molar-refractivity contribution in [2.45, 2.75) is 32.9 Å². The highest BCUT2D eigenvalue weighted by atomic mass is 127. The summed E-state index contributed by atoms with van der Waals surface area (Å²) in [6.07, 6.45) is 0. The molecule has 2 N–H and O–H groups in total. The summed E-state index contributed by atoms with van der Waals surface area (Å²) in [4.78, 5) is 4.54. The number of hydrogen-bond donors (Lipinski definition) is 2. The second-order valence-corrected chi connectivity index (χ2v) is 6.06. The van der Waals surface area contributed by atoms with Crippen molar-refractivity contribution < 1.29 is 9.26 Å². The molecule has 1 heterocycles. The Kier molecular flexibility index (Phi) is 8.91. The number of nitrogens with zero attached hydrogens (tertiary/aromatic N) is 2. The highest BCUT2D eigenvalue weighted by molar-refractivity contribution is 14.0. The second-order valence-electron chi connectivity index (χ2n) is 6.06. The lowest BCUT2D eigenvalue weighted by atomic mass is 10.1. The average Bonchev–Trinajstić information content (AvgIpc) is 3.07. The van der Waals surface area contributed by atoms with Gasteiger partial charge in [0.05, 0.1) is 12.1 Å². The van der Waals surface area contributed by atoms with E-state index >= 15 is 0 Å². The first kappa shape index (κ1) is 21.4. The molecule has 2 aromatic rings. The molecule has 7 heteroatoms. The molecular weight excluding hydrogens is 431 g/mol. The summed E-state index contributed by atoms with van der Waals surface area (Å²) in [5.74, 6) is 1.48. The molecule has 0 unspecified atom stereocenters. The van der Waals surface area contributed by atoms with Crippen LogP contribution in [-0.2, 0) is 11.3 Å². The molecule has 0 bridgehead atoms. The summed E-state index contributed by atoms with van der Waals surface area (Å²) in [5, 5.41) is 10.6. The molecule has 25 heavy (non-hydrogen) atoms. The fourth-order valence-corrected chi connectivity index (χ4v) is 2.00. The van der Waals surface area contributed by atoms with Gasteiger partial charge in [0, 0.05) is 31.8 Å². The second kappa shape index (κ2) is 10.4. The number of methoxy groups -OCH3 is 1. The van der Waals surface area contributed by atoms with Gasteiger partial charge in [0.15, 0.2) is 11.7 Å². The lowest BCUT2D eigenvalue weighted by Crippen LogP contribution is -2.45. The van der Waals surface area contributed by atoms with E-state index in [0.717, 1.165) is 29.5 Å². The first-order valence-electron chi connectivity index (χ1n) is 8.12. The van der Waals surface area contributed by atoms with Gasteiger partial charge in [-0.3, -0.25) is 0 Å². The molecule has 0 atom stereocenters. The van der Waals surface area contributed by atoms with Crippen molar-refractivity contribution in [2.24, 2.45) is 4.99 Å². The first-order chi connectivity index (χ1) is 11.5. The predicted octanol–water partition coefficient (Wildman–Crippen LogP) is 3.44. The Hall–Kier alpha value is -1.61. The lowest BCUT2D eigenvalue weighted by Gasteiger charge is -2.24. The third kappa shape index (κ3) is 7.03. The lowest BCUT2D eigenvalue weighted by molar-refractivity contribution is 0.0268. The van der Waals surface area contributed by atoms with E-state index in [9.17, 15) is 0 Å². The summed E-state index contributed by atoms with van der Waals surface area (Å²) in [7, 11) is 1.70. The number of aliphatic imine (C=N–C) groups is 1. The molecule has 1 aromatic carbocycles. The summed E-state index contributed by atoms with van der Waals surface area (Å²) in [6.45, 7) is 7.96. The van der Waals surface area contributed by atoms with Crippen LogP contribution in [0.25, 0.3) is 11.3 Å². The SMILES string of the molecule is CCNC(=NCc1cc(-c2ccccc2)on1)NCC(C)(C)OC.I. The van der Waals surface area contributed by atoms with Crippen molar-refractivity contribution in [1.82, 2.24) is 15.8 Å². The van der Waals surface area contributed by atoms with Gasteiger partial charge in [0.1, 0.15) is 5.69 Å². The number of ether oxygens (including phenoxy) is 1. The molecule has 0 spiro atoms. The normalized spacial score (nSPS) is 11.8. The first-order valence-corrected chi connectivity index (χ1v) is 8.12. The van der Waals surface area contributed by atoms with Crippen molar-refractivity contribution in [3.05, 3.63) is 42.1 Å². The predicted molar refractivity (Wildman–Crippen MR) is 111 cm³/mol. The molecule has 0 amide bonds. The molecule has 0 aliphatic heterocycles. The third-order valence-corrected chi connectivity index (χ3v) is 3.59. The van der Waals surface area contributed by atoms with Crippen molar-refractivity contribution in [2.75, 3.05) is 20.2 Å². The van der Waals surface area contributed by atoms with Crippen molar-refractivity contribution in [3.63, 3.8) is 0 Å². The topological polar surface area (TPSA) is 71.7 Å². The van der Waals surface area contributed by atoms with Gasteiger partial charge in [-0.2, -0.15) is 0 Å². The van der Waals surface area contributed by atoms with Gasteiger partial charge in [-0.15, -0.1) is 24.0 Å². The summed E-state index contributed by atoms with van der Waals surface area (Å²) in [5.41, 5.74) is 1.54. The van der Waals surface area contributed by atoms with Crippen LogP contribution >= 0.6 is 24.0 Å². The number of rotatable bonds is 7. The molecule has 0 saturated carbocycles. The van der Waals surface area contributed by atoms with E-state index in [0.29, 0.717) is 13.1 Å². The molecule has 6 nitrogen and oxygen atoms in total. The van der Waals surface area contributed by atoms with Crippen LogP contribution < -0.4 is 10.6 Å². The fourth-order valence-electron chi connectivity index (χ4n) is 2.00. The van der Waals surface area contributed by atoms with Crippen LogP contribution in [-0.4, -0.2) is 36.9 Å². The highest BCUT2D eigenvalue weighted by Gasteiger charge is 2.16. The van der Waals surface area contributed by atoms with E-state index in [2.05, 4.69) is 20.8 Å². The number of benzene rings is 1. The Bertz CT molecular complexity index is 656. The minimum Gasteiger partial charge on any atom is -0.377 e. The minimum atomic E-state index is -0.259. The monoisotopic (exact) mass is 458 g/mol. The Balaban J connectivity index is 0.00000312. The minimum absolute atomic E-state index is 0. The van der Waals surface area contributed by atoms with Gasteiger partial charge in [-0.1, -0.05) is 35.5 Å². The average molecular weight is 458 g/mol. The molecule has 138 valence electrons. The van der Waals surface area contributed by atoms with Gasteiger partial charge < -0.3 is 19.9 Å². The zero-order valence-corrected chi connectivity index (χ0v) is 17.5. The molecule has 0 saturated heterocycles. The molecule has 0 fully saturated rings. The van der Waals surface area contributed by atoms with Gasteiger partial charge in [-0.05, 0) is 20.8 Å². The maximum atomic E-state index is 5.41. The Morgan fingerprint density at radius 1 is 1.24 bits per heavy atom. The summed E-state index contributed by atoms with van der Waals surface area (Å²) < 4.78 is 10.8. The third-order valence-electron chi connectivity index (χ3n) is 3.59. The van der Waals surface area contributed by atoms with Crippen LogP contribution in [0.5, 0.6) is 0 Å². The molecule has 0 aliphatic rings. The van der Waals surface area contributed by atoms with E-state index < -0.39 is 0 Å². The molecule has 2 rings (SSSR count). The van der Waals surface area contributed by atoms with E-state index in [1.807, 2.05) is 57.2 Å². The Morgan fingerprint density at radius 2 is 1.96 bits per heavy atom. The molecule has 1 aromatic heterocycles. The van der Waals surface area contributed by atoms with Gasteiger partial charge in [0.2, 0.25) is 0 Å². The van der Waals surface area contributed by atoms with Crippen LogP contribution in [0.1, 0.15) is 26.5 Å². The molecular formula is C18H27IN4O2. The van der Waals surface area contributed by atoms with Crippen molar-refractivity contribution in [1.29, 1.82) is 0 Å². The van der Waals surface area contributed by atoms with Crippen LogP contribution in [0, 0.1) is 0 Å².